The van der Waals surface area contributed by atoms with Gasteiger partial charge in [0.05, 0.1) is 12.1 Å². The van der Waals surface area contributed by atoms with Crippen molar-refractivity contribution in [3.63, 3.8) is 0 Å². The maximum atomic E-state index is 13.0. The number of ether oxygens (including phenoxy) is 2. The summed E-state index contributed by atoms with van der Waals surface area (Å²) < 4.78 is 11.8. The fourth-order valence-corrected chi connectivity index (χ4v) is 4.53. The van der Waals surface area contributed by atoms with Crippen molar-refractivity contribution in [2.24, 2.45) is 0 Å². The van der Waals surface area contributed by atoms with E-state index in [9.17, 15) is 4.79 Å². The average molecular weight is 375 g/mol. The van der Waals surface area contributed by atoms with Gasteiger partial charge in [-0.3, -0.25) is 9.80 Å². The molecule has 0 aromatic heterocycles. The third-order valence-electron chi connectivity index (χ3n) is 5.83. The van der Waals surface area contributed by atoms with Gasteiger partial charge in [0.15, 0.2) is 0 Å². The van der Waals surface area contributed by atoms with Crippen LogP contribution in [0.4, 0.5) is 4.79 Å². The van der Waals surface area contributed by atoms with Crippen molar-refractivity contribution in [2.75, 3.05) is 13.2 Å². The summed E-state index contributed by atoms with van der Waals surface area (Å²) in [5.41, 5.74) is 0.297. The van der Waals surface area contributed by atoms with Crippen molar-refractivity contribution in [3.8, 4) is 0 Å². The predicted octanol–water partition coefficient (Wildman–Crippen LogP) is 4.41. The van der Waals surface area contributed by atoms with Crippen LogP contribution < -0.4 is 0 Å². The summed E-state index contributed by atoms with van der Waals surface area (Å²) in [7, 11) is 0. The summed E-state index contributed by atoms with van der Waals surface area (Å²) in [5, 5.41) is 0. The second kappa shape index (κ2) is 7.80. The highest BCUT2D eigenvalue weighted by atomic mass is 16.6. The topological polar surface area (TPSA) is 42.0 Å². The SMILES string of the molecule is C[C@@H](OC(=O)N1C(C)(C)COC1(C)C)[C@@H]1CCCCN1Cc1ccccc1. The molecule has 5 nitrogen and oxygen atoms in total. The molecule has 3 rings (SSSR count). The molecule has 2 saturated heterocycles. The molecule has 0 saturated carbocycles. The van der Waals surface area contributed by atoms with Crippen molar-refractivity contribution in [1.29, 1.82) is 0 Å². The van der Waals surface area contributed by atoms with E-state index in [-0.39, 0.29) is 23.8 Å². The number of likely N-dealkylation sites (tertiary alicyclic amines) is 1. The van der Waals surface area contributed by atoms with E-state index in [0.717, 1.165) is 19.5 Å². The quantitative estimate of drug-likeness (QED) is 0.783. The van der Waals surface area contributed by atoms with Crippen molar-refractivity contribution in [1.82, 2.24) is 9.80 Å². The van der Waals surface area contributed by atoms with Crippen LogP contribution in [0.5, 0.6) is 0 Å². The summed E-state index contributed by atoms with van der Waals surface area (Å²) >= 11 is 0. The van der Waals surface area contributed by atoms with Crippen LogP contribution in [0.3, 0.4) is 0 Å². The lowest BCUT2D eigenvalue weighted by Gasteiger charge is -2.41. The second-order valence-electron chi connectivity index (χ2n) is 8.99. The lowest BCUT2D eigenvalue weighted by molar-refractivity contribution is -0.0669. The lowest BCUT2D eigenvalue weighted by Crippen LogP contribution is -2.55. The van der Waals surface area contributed by atoms with Gasteiger partial charge in [0.1, 0.15) is 11.8 Å². The van der Waals surface area contributed by atoms with Gasteiger partial charge in [0.2, 0.25) is 0 Å². The van der Waals surface area contributed by atoms with Crippen LogP contribution in [-0.2, 0) is 16.0 Å². The van der Waals surface area contributed by atoms with Gasteiger partial charge in [0.25, 0.3) is 0 Å². The smallest absolute Gasteiger partial charge is 0.412 e. The number of hydrogen-bond acceptors (Lipinski definition) is 4. The average Bonchev–Trinajstić information content (AvgIpc) is 2.84. The van der Waals surface area contributed by atoms with E-state index < -0.39 is 5.72 Å². The first-order chi connectivity index (χ1) is 12.7. The van der Waals surface area contributed by atoms with E-state index >= 15 is 0 Å². The number of rotatable bonds is 4. The third-order valence-corrected chi connectivity index (χ3v) is 5.83. The van der Waals surface area contributed by atoms with E-state index in [1.807, 2.05) is 40.7 Å². The number of carbonyl (C=O) groups excluding carboxylic acids is 1. The number of carbonyl (C=O) groups is 1. The highest BCUT2D eigenvalue weighted by Crippen LogP contribution is 2.35. The number of amides is 1. The van der Waals surface area contributed by atoms with Crippen LogP contribution in [0.1, 0.15) is 59.4 Å². The van der Waals surface area contributed by atoms with Gasteiger partial charge in [-0.25, -0.2) is 4.79 Å². The minimum absolute atomic E-state index is 0.159. The molecule has 0 unspecified atom stereocenters. The first-order valence-electron chi connectivity index (χ1n) is 10.1. The zero-order valence-corrected chi connectivity index (χ0v) is 17.4. The summed E-state index contributed by atoms with van der Waals surface area (Å²) in [6.45, 7) is 12.4. The van der Waals surface area contributed by atoms with Gasteiger partial charge in [-0.2, -0.15) is 0 Å². The second-order valence-corrected chi connectivity index (χ2v) is 8.99. The molecule has 0 radical (unpaired) electrons. The van der Waals surface area contributed by atoms with Gasteiger partial charge in [-0.05, 0) is 59.6 Å². The molecule has 0 bridgehead atoms. The number of piperidine rings is 1. The molecule has 2 fully saturated rings. The van der Waals surface area contributed by atoms with Crippen molar-refractivity contribution in [2.45, 2.75) is 83.8 Å². The molecule has 0 spiro atoms. The minimum Gasteiger partial charge on any atom is -0.445 e. The Kier molecular flexibility index (Phi) is 5.82. The van der Waals surface area contributed by atoms with E-state index in [1.54, 1.807) is 4.90 Å². The monoisotopic (exact) mass is 374 g/mol. The molecule has 2 aliphatic rings. The van der Waals surface area contributed by atoms with E-state index in [1.165, 1.54) is 18.4 Å². The molecular formula is C22H34N2O3. The van der Waals surface area contributed by atoms with Gasteiger partial charge in [-0.15, -0.1) is 0 Å². The lowest BCUT2D eigenvalue weighted by atomic mass is 9.97. The maximum Gasteiger partial charge on any atom is 0.412 e. The molecule has 0 N–H and O–H groups in total. The summed E-state index contributed by atoms with van der Waals surface area (Å²) in [6, 6.07) is 10.8. The first kappa shape index (κ1) is 20.2. The normalized spacial score (nSPS) is 26.0. The van der Waals surface area contributed by atoms with Crippen LogP contribution in [0, 0.1) is 0 Å². The molecule has 2 aliphatic heterocycles. The highest BCUT2D eigenvalue weighted by molar-refractivity contribution is 5.70. The van der Waals surface area contributed by atoms with Crippen LogP contribution in [0.25, 0.3) is 0 Å². The molecule has 5 heteroatoms. The van der Waals surface area contributed by atoms with Gasteiger partial charge in [-0.1, -0.05) is 36.8 Å². The standard InChI is InChI=1S/C22H34N2O3/c1-17(27-20(25)24-21(2,3)16-26-22(24,4)5)19-13-9-10-14-23(19)15-18-11-7-6-8-12-18/h6-8,11-12,17,19H,9-10,13-16H2,1-5H3/t17-,19+/m1/s1. The zero-order chi connectivity index (χ0) is 19.7. The molecular weight excluding hydrogens is 340 g/mol. The van der Waals surface area contributed by atoms with E-state index in [2.05, 4.69) is 29.2 Å². The minimum atomic E-state index is -0.642. The fraction of sp³-hybridized carbons (Fsp3) is 0.682. The van der Waals surface area contributed by atoms with Gasteiger partial charge >= 0.3 is 6.09 Å². The number of nitrogens with zero attached hydrogens (tertiary/aromatic N) is 2. The van der Waals surface area contributed by atoms with Crippen molar-refractivity contribution < 1.29 is 14.3 Å². The van der Waals surface area contributed by atoms with Crippen LogP contribution in [0.2, 0.25) is 0 Å². The first-order valence-corrected chi connectivity index (χ1v) is 10.1. The van der Waals surface area contributed by atoms with E-state index in [4.69, 9.17) is 9.47 Å². The third kappa shape index (κ3) is 4.46. The van der Waals surface area contributed by atoms with Crippen LogP contribution in [-0.4, -0.2) is 52.5 Å². The van der Waals surface area contributed by atoms with Crippen molar-refractivity contribution in [3.05, 3.63) is 35.9 Å². The summed E-state index contributed by atoms with van der Waals surface area (Å²) in [5.74, 6) is 0. The Morgan fingerprint density at radius 1 is 1.22 bits per heavy atom. The van der Waals surface area contributed by atoms with Gasteiger partial charge in [0, 0.05) is 12.6 Å². The Hall–Kier alpha value is -1.59. The highest BCUT2D eigenvalue weighted by Gasteiger charge is 2.50. The number of benzene rings is 1. The van der Waals surface area contributed by atoms with Gasteiger partial charge < -0.3 is 9.47 Å². The Morgan fingerprint density at radius 3 is 2.56 bits per heavy atom. The number of hydrogen-bond donors (Lipinski definition) is 0. The molecule has 1 aromatic carbocycles. The zero-order valence-electron chi connectivity index (χ0n) is 17.4. The molecule has 0 aliphatic carbocycles. The molecule has 2 atom stereocenters. The van der Waals surface area contributed by atoms with E-state index in [0.29, 0.717) is 6.61 Å². The predicted molar refractivity (Wildman–Crippen MR) is 106 cm³/mol. The molecule has 27 heavy (non-hydrogen) atoms. The van der Waals surface area contributed by atoms with Crippen molar-refractivity contribution >= 4 is 6.09 Å². The van der Waals surface area contributed by atoms with Crippen LogP contribution >= 0.6 is 0 Å². The van der Waals surface area contributed by atoms with Crippen LogP contribution in [0.15, 0.2) is 30.3 Å². The Labute approximate surface area is 163 Å². The molecule has 1 amide bonds. The largest absolute Gasteiger partial charge is 0.445 e. The Morgan fingerprint density at radius 2 is 1.93 bits per heavy atom. The summed E-state index contributed by atoms with van der Waals surface area (Å²) in [6.07, 6.45) is 3.00. The summed E-state index contributed by atoms with van der Waals surface area (Å²) in [4.78, 5) is 17.2. The molecule has 150 valence electrons. The molecule has 2 heterocycles. The Balaban J connectivity index is 1.68. The Bertz CT molecular complexity index is 628. The molecule has 1 aromatic rings. The fourth-order valence-electron chi connectivity index (χ4n) is 4.53. The maximum absolute atomic E-state index is 13.0.